The van der Waals surface area contributed by atoms with Gasteiger partial charge in [-0.1, -0.05) is 36.4 Å². The van der Waals surface area contributed by atoms with Crippen LogP contribution in [0.15, 0.2) is 48.5 Å². The Bertz CT molecular complexity index is 1110. The molecular formula is C23H24ClN3O3. The fourth-order valence-corrected chi connectivity index (χ4v) is 4.23. The summed E-state index contributed by atoms with van der Waals surface area (Å²) in [4.78, 5) is 26.8. The van der Waals surface area contributed by atoms with Gasteiger partial charge in [0.05, 0.1) is 11.1 Å². The standard InChI is InChI=1S/C23H24ClN3O3/c1-23(2)19(30-20(28)14-24)11-12-27(23)22(29)21-17-10-9-16(13-18(17)26(3)25-21)15-7-5-4-6-8-15/h4-10,13,19H,11-12,14H2,1-3H3. The van der Waals surface area contributed by atoms with Gasteiger partial charge in [-0.3, -0.25) is 14.3 Å². The van der Waals surface area contributed by atoms with E-state index in [9.17, 15) is 9.59 Å². The maximum absolute atomic E-state index is 13.4. The zero-order chi connectivity index (χ0) is 21.5. The Morgan fingerprint density at radius 1 is 1.17 bits per heavy atom. The smallest absolute Gasteiger partial charge is 0.321 e. The number of carbonyl (C=O) groups is 2. The lowest BCUT2D eigenvalue weighted by atomic mass is 9.97. The summed E-state index contributed by atoms with van der Waals surface area (Å²) in [6.07, 6.45) is 0.178. The second-order valence-electron chi connectivity index (χ2n) is 8.08. The van der Waals surface area contributed by atoms with Crippen molar-refractivity contribution in [3.63, 3.8) is 0 Å². The number of benzene rings is 2. The molecule has 1 fully saturated rings. The number of amides is 1. The van der Waals surface area contributed by atoms with Gasteiger partial charge in [-0.05, 0) is 37.1 Å². The van der Waals surface area contributed by atoms with Gasteiger partial charge in [0.25, 0.3) is 5.91 Å². The predicted molar refractivity (Wildman–Crippen MR) is 116 cm³/mol. The van der Waals surface area contributed by atoms with E-state index in [1.165, 1.54) is 0 Å². The molecule has 0 spiro atoms. The third-order valence-electron chi connectivity index (χ3n) is 5.89. The Hall–Kier alpha value is -2.86. The minimum absolute atomic E-state index is 0.164. The Morgan fingerprint density at radius 3 is 2.60 bits per heavy atom. The van der Waals surface area contributed by atoms with Crippen LogP contribution in [0.25, 0.3) is 22.0 Å². The molecule has 0 aliphatic carbocycles. The van der Waals surface area contributed by atoms with E-state index in [-0.39, 0.29) is 11.8 Å². The van der Waals surface area contributed by atoms with Crippen LogP contribution in [0, 0.1) is 0 Å². The van der Waals surface area contributed by atoms with Crippen LogP contribution in [0.3, 0.4) is 0 Å². The molecule has 1 unspecified atom stereocenters. The van der Waals surface area contributed by atoms with Crippen molar-refractivity contribution in [3.8, 4) is 11.1 Å². The maximum Gasteiger partial charge on any atom is 0.321 e. The molecule has 7 heteroatoms. The van der Waals surface area contributed by atoms with Crippen molar-refractivity contribution in [1.29, 1.82) is 0 Å². The molecule has 0 bridgehead atoms. The Balaban J connectivity index is 1.66. The van der Waals surface area contributed by atoms with Crippen molar-refractivity contribution < 1.29 is 14.3 Å². The maximum atomic E-state index is 13.4. The van der Waals surface area contributed by atoms with Gasteiger partial charge in [0.2, 0.25) is 0 Å². The zero-order valence-electron chi connectivity index (χ0n) is 17.3. The van der Waals surface area contributed by atoms with Gasteiger partial charge in [-0.2, -0.15) is 5.10 Å². The van der Waals surface area contributed by atoms with Crippen LogP contribution < -0.4 is 0 Å². The number of rotatable bonds is 4. The van der Waals surface area contributed by atoms with Crippen molar-refractivity contribution >= 4 is 34.4 Å². The van der Waals surface area contributed by atoms with Gasteiger partial charge >= 0.3 is 5.97 Å². The molecular weight excluding hydrogens is 402 g/mol. The summed E-state index contributed by atoms with van der Waals surface area (Å²) in [5, 5.41) is 5.34. The molecule has 156 valence electrons. The van der Waals surface area contributed by atoms with Crippen molar-refractivity contribution in [1.82, 2.24) is 14.7 Å². The number of ether oxygens (including phenoxy) is 1. The van der Waals surface area contributed by atoms with Crippen LogP contribution in [0.4, 0.5) is 0 Å². The van der Waals surface area contributed by atoms with E-state index in [4.69, 9.17) is 16.3 Å². The highest BCUT2D eigenvalue weighted by atomic mass is 35.5. The summed E-state index contributed by atoms with van der Waals surface area (Å²) in [7, 11) is 1.84. The first-order valence-electron chi connectivity index (χ1n) is 9.92. The van der Waals surface area contributed by atoms with Crippen LogP contribution in [0.1, 0.15) is 30.8 Å². The number of alkyl halides is 1. The van der Waals surface area contributed by atoms with Crippen LogP contribution in [-0.2, 0) is 16.6 Å². The van der Waals surface area contributed by atoms with Gasteiger partial charge in [0.1, 0.15) is 12.0 Å². The molecule has 1 aromatic heterocycles. The third-order valence-corrected chi connectivity index (χ3v) is 6.11. The van der Waals surface area contributed by atoms with E-state index in [1.54, 1.807) is 9.58 Å². The van der Waals surface area contributed by atoms with E-state index in [0.29, 0.717) is 18.7 Å². The van der Waals surface area contributed by atoms with Crippen molar-refractivity contribution in [2.45, 2.75) is 31.9 Å². The number of halogens is 1. The lowest BCUT2D eigenvalue weighted by Gasteiger charge is -2.34. The monoisotopic (exact) mass is 425 g/mol. The number of hydrogen-bond acceptors (Lipinski definition) is 4. The Labute approximate surface area is 180 Å². The summed E-state index contributed by atoms with van der Waals surface area (Å²) in [5.74, 6) is -0.835. The van der Waals surface area contributed by atoms with Crippen LogP contribution in [0.5, 0.6) is 0 Å². The molecule has 0 N–H and O–H groups in total. The molecule has 2 heterocycles. The van der Waals surface area contributed by atoms with Crippen molar-refractivity contribution in [2.75, 3.05) is 12.4 Å². The van der Waals surface area contributed by atoms with Crippen LogP contribution in [0.2, 0.25) is 0 Å². The minimum atomic E-state index is -0.646. The summed E-state index contributed by atoms with van der Waals surface area (Å²) in [6, 6.07) is 16.1. The Morgan fingerprint density at radius 2 is 1.90 bits per heavy atom. The number of fused-ring (bicyclic) bond motifs is 1. The SMILES string of the molecule is Cn1nc(C(=O)N2CCC(OC(=O)CCl)C2(C)C)c2ccc(-c3ccccc3)cc21. The molecule has 1 aliphatic rings. The summed E-state index contributed by atoms with van der Waals surface area (Å²) in [6.45, 7) is 4.30. The molecule has 30 heavy (non-hydrogen) atoms. The summed E-state index contributed by atoms with van der Waals surface area (Å²) >= 11 is 5.58. The first-order chi connectivity index (χ1) is 14.3. The fraction of sp³-hybridized carbons (Fsp3) is 0.348. The minimum Gasteiger partial charge on any atom is -0.459 e. The molecule has 0 saturated carbocycles. The molecule has 1 saturated heterocycles. The summed E-state index contributed by atoms with van der Waals surface area (Å²) in [5.41, 5.74) is 2.83. The molecule has 2 aromatic carbocycles. The lowest BCUT2D eigenvalue weighted by molar-refractivity contribution is -0.149. The number of likely N-dealkylation sites (tertiary alicyclic amines) is 1. The molecule has 3 aromatic rings. The van der Waals surface area contributed by atoms with Crippen molar-refractivity contribution in [2.24, 2.45) is 7.05 Å². The highest BCUT2D eigenvalue weighted by Crippen LogP contribution is 2.34. The van der Waals surface area contributed by atoms with Crippen LogP contribution >= 0.6 is 11.6 Å². The van der Waals surface area contributed by atoms with Gasteiger partial charge in [0.15, 0.2) is 5.69 Å². The quantitative estimate of drug-likeness (QED) is 0.468. The van der Waals surface area contributed by atoms with E-state index in [0.717, 1.165) is 22.0 Å². The molecule has 6 nitrogen and oxygen atoms in total. The van der Waals surface area contributed by atoms with E-state index in [1.807, 2.05) is 51.2 Å². The number of aryl methyl sites for hydroxylation is 1. The second kappa shape index (κ2) is 7.76. The molecule has 1 amide bonds. The van der Waals surface area contributed by atoms with Gasteiger partial charge in [-0.25, -0.2) is 0 Å². The summed E-state index contributed by atoms with van der Waals surface area (Å²) < 4.78 is 7.20. The number of carbonyl (C=O) groups excluding carboxylic acids is 2. The van der Waals surface area contributed by atoms with Crippen molar-refractivity contribution in [3.05, 3.63) is 54.2 Å². The molecule has 1 atom stereocenters. The molecule has 0 radical (unpaired) electrons. The number of aromatic nitrogens is 2. The van der Waals surface area contributed by atoms with E-state index >= 15 is 0 Å². The fourth-order valence-electron chi connectivity index (χ4n) is 4.17. The van der Waals surface area contributed by atoms with Gasteiger partial charge in [-0.15, -0.1) is 11.6 Å². The highest BCUT2D eigenvalue weighted by Gasteiger charge is 2.47. The predicted octanol–water partition coefficient (Wildman–Crippen LogP) is 4.02. The first kappa shape index (κ1) is 20.4. The molecule has 4 rings (SSSR count). The third kappa shape index (κ3) is 3.45. The zero-order valence-corrected chi connectivity index (χ0v) is 18.0. The second-order valence-corrected chi connectivity index (χ2v) is 8.35. The van der Waals surface area contributed by atoms with E-state index < -0.39 is 17.6 Å². The number of esters is 1. The normalized spacial score (nSPS) is 18.0. The average Bonchev–Trinajstić information content (AvgIpc) is 3.24. The average molecular weight is 426 g/mol. The largest absolute Gasteiger partial charge is 0.459 e. The number of hydrogen-bond donors (Lipinski definition) is 0. The van der Waals surface area contributed by atoms with Gasteiger partial charge < -0.3 is 9.64 Å². The number of nitrogens with zero attached hydrogens (tertiary/aromatic N) is 3. The Kier molecular flexibility index (Phi) is 5.28. The highest BCUT2D eigenvalue weighted by molar-refractivity contribution is 6.26. The van der Waals surface area contributed by atoms with Crippen LogP contribution in [-0.4, -0.2) is 50.6 Å². The lowest BCUT2D eigenvalue weighted by Crippen LogP contribution is -2.49. The molecule has 1 aliphatic heterocycles. The topological polar surface area (TPSA) is 64.4 Å². The van der Waals surface area contributed by atoms with Gasteiger partial charge in [0, 0.05) is 25.4 Å². The first-order valence-corrected chi connectivity index (χ1v) is 10.5. The van der Waals surface area contributed by atoms with E-state index in [2.05, 4.69) is 23.3 Å².